The van der Waals surface area contributed by atoms with Crippen LogP contribution in [0.3, 0.4) is 0 Å². The van der Waals surface area contributed by atoms with Gasteiger partial charge in [-0.25, -0.2) is 8.42 Å². The molecule has 1 unspecified atom stereocenters. The van der Waals surface area contributed by atoms with Crippen molar-refractivity contribution in [3.05, 3.63) is 29.3 Å². The van der Waals surface area contributed by atoms with Gasteiger partial charge < -0.3 is 5.32 Å². The van der Waals surface area contributed by atoms with Crippen LogP contribution >= 0.6 is 0 Å². The fourth-order valence-corrected chi connectivity index (χ4v) is 5.24. The number of nitrogens with one attached hydrogen (secondary N) is 1. The second-order valence-electron chi connectivity index (χ2n) is 7.48. The van der Waals surface area contributed by atoms with E-state index in [0.717, 1.165) is 16.8 Å². The average Bonchev–Trinajstić information content (AvgIpc) is 2.84. The molecule has 1 N–H and O–H groups in total. The summed E-state index contributed by atoms with van der Waals surface area (Å²) in [5.41, 5.74) is 3.24. The van der Waals surface area contributed by atoms with Crippen molar-refractivity contribution in [3.63, 3.8) is 0 Å². The number of rotatable bonds is 6. The second kappa shape index (κ2) is 7.68. The Labute approximate surface area is 146 Å². The molecule has 0 radical (unpaired) electrons. The molecule has 5 heteroatoms. The first kappa shape index (κ1) is 19.0. The molecule has 1 saturated heterocycles. The molecule has 1 aromatic carbocycles. The Kier molecular flexibility index (Phi) is 6.07. The fraction of sp³-hybridized carbons (Fsp3) is 0.632. The van der Waals surface area contributed by atoms with Gasteiger partial charge in [-0.05, 0) is 41.7 Å². The molecule has 24 heavy (non-hydrogen) atoms. The lowest BCUT2D eigenvalue weighted by atomic mass is 9.92. The van der Waals surface area contributed by atoms with Crippen molar-refractivity contribution < 1.29 is 13.2 Å². The minimum atomic E-state index is -2.87. The van der Waals surface area contributed by atoms with E-state index >= 15 is 0 Å². The lowest BCUT2D eigenvalue weighted by Crippen LogP contribution is -2.17. The molecule has 134 valence electrons. The SMILES string of the molecule is CC(C)c1cccc(C(C)C)c1NC(=O)CCC1CCS(=O)(=O)C1. The van der Waals surface area contributed by atoms with Crippen LogP contribution in [-0.4, -0.2) is 25.8 Å². The summed E-state index contributed by atoms with van der Waals surface area (Å²) in [4.78, 5) is 12.4. The molecule has 0 bridgehead atoms. The molecule has 1 amide bonds. The van der Waals surface area contributed by atoms with Gasteiger partial charge in [-0.3, -0.25) is 4.79 Å². The number of hydrogen-bond acceptors (Lipinski definition) is 3. The van der Waals surface area contributed by atoms with E-state index < -0.39 is 9.84 Å². The molecule has 1 atom stereocenters. The molecule has 0 aliphatic carbocycles. The monoisotopic (exact) mass is 351 g/mol. The highest BCUT2D eigenvalue weighted by atomic mass is 32.2. The Morgan fingerprint density at radius 3 is 2.21 bits per heavy atom. The number of amides is 1. The van der Waals surface area contributed by atoms with Gasteiger partial charge in [0, 0.05) is 12.1 Å². The first-order valence-electron chi connectivity index (χ1n) is 8.82. The molecule has 4 nitrogen and oxygen atoms in total. The summed E-state index contributed by atoms with van der Waals surface area (Å²) in [6.45, 7) is 8.49. The van der Waals surface area contributed by atoms with Crippen molar-refractivity contribution in [2.75, 3.05) is 16.8 Å². The van der Waals surface area contributed by atoms with Crippen LogP contribution in [0, 0.1) is 5.92 Å². The number of carbonyl (C=O) groups excluding carboxylic acids is 1. The highest BCUT2D eigenvalue weighted by Gasteiger charge is 2.28. The standard InChI is InChI=1S/C19H29NO3S/c1-13(2)16-6-5-7-17(14(3)4)19(16)20-18(21)9-8-15-10-11-24(22,23)12-15/h5-7,13-15H,8-12H2,1-4H3,(H,20,21). The summed E-state index contributed by atoms with van der Waals surface area (Å²) < 4.78 is 23.0. The summed E-state index contributed by atoms with van der Waals surface area (Å²) in [6, 6.07) is 6.18. The third kappa shape index (κ3) is 4.82. The van der Waals surface area contributed by atoms with Crippen molar-refractivity contribution in [2.45, 2.75) is 58.8 Å². The van der Waals surface area contributed by atoms with Crippen LogP contribution < -0.4 is 5.32 Å². The van der Waals surface area contributed by atoms with Gasteiger partial charge >= 0.3 is 0 Å². The maximum absolute atomic E-state index is 12.4. The normalized spacial score (nSPS) is 19.8. The minimum Gasteiger partial charge on any atom is -0.326 e. The van der Waals surface area contributed by atoms with Gasteiger partial charge in [0.15, 0.2) is 9.84 Å². The number of para-hydroxylation sites is 1. The lowest BCUT2D eigenvalue weighted by Gasteiger charge is -2.20. The van der Waals surface area contributed by atoms with E-state index in [2.05, 4.69) is 45.1 Å². The van der Waals surface area contributed by atoms with E-state index in [0.29, 0.717) is 31.1 Å². The Morgan fingerprint density at radius 1 is 1.17 bits per heavy atom. The smallest absolute Gasteiger partial charge is 0.224 e. The van der Waals surface area contributed by atoms with E-state index in [9.17, 15) is 13.2 Å². The van der Waals surface area contributed by atoms with Gasteiger partial charge in [-0.15, -0.1) is 0 Å². The molecular weight excluding hydrogens is 322 g/mol. The highest BCUT2D eigenvalue weighted by Crippen LogP contribution is 2.32. The van der Waals surface area contributed by atoms with Gasteiger partial charge in [-0.2, -0.15) is 0 Å². The Balaban J connectivity index is 2.05. The number of benzene rings is 1. The van der Waals surface area contributed by atoms with Crippen LogP contribution in [-0.2, 0) is 14.6 Å². The largest absolute Gasteiger partial charge is 0.326 e. The number of hydrogen-bond donors (Lipinski definition) is 1. The zero-order chi connectivity index (χ0) is 17.9. The summed E-state index contributed by atoms with van der Waals surface area (Å²) in [5, 5.41) is 3.10. The van der Waals surface area contributed by atoms with Gasteiger partial charge in [0.2, 0.25) is 5.91 Å². The van der Waals surface area contributed by atoms with Crippen LogP contribution in [0.2, 0.25) is 0 Å². The molecule has 1 aliphatic heterocycles. The van der Waals surface area contributed by atoms with Gasteiger partial charge in [0.25, 0.3) is 0 Å². The summed E-state index contributed by atoms with van der Waals surface area (Å²) >= 11 is 0. The molecular formula is C19H29NO3S. The van der Waals surface area contributed by atoms with E-state index in [1.165, 1.54) is 0 Å². The number of sulfone groups is 1. The van der Waals surface area contributed by atoms with Crippen LogP contribution in [0.5, 0.6) is 0 Å². The topological polar surface area (TPSA) is 63.2 Å². The van der Waals surface area contributed by atoms with Crippen LogP contribution in [0.4, 0.5) is 5.69 Å². The zero-order valence-electron chi connectivity index (χ0n) is 15.1. The summed E-state index contributed by atoms with van der Waals surface area (Å²) in [5.74, 6) is 1.28. The lowest BCUT2D eigenvalue weighted by molar-refractivity contribution is -0.116. The van der Waals surface area contributed by atoms with E-state index in [1.54, 1.807) is 0 Å². The predicted molar refractivity (Wildman–Crippen MR) is 99.2 cm³/mol. The molecule has 0 spiro atoms. The Bertz CT molecular complexity index is 666. The predicted octanol–water partition coefficient (Wildman–Crippen LogP) is 4.09. The number of carbonyl (C=O) groups is 1. The van der Waals surface area contributed by atoms with E-state index in [-0.39, 0.29) is 23.3 Å². The van der Waals surface area contributed by atoms with Crippen molar-refractivity contribution in [1.29, 1.82) is 0 Å². The first-order chi connectivity index (χ1) is 11.2. The number of anilines is 1. The van der Waals surface area contributed by atoms with Crippen LogP contribution in [0.15, 0.2) is 18.2 Å². The van der Waals surface area contributed by atoms with Gasteiger partial charge in [0.1, 0.15) is 0 Å². The average molecular weight is 352 g/mol. The maximum Gasteiger partial charge on any atom is 0.224 e. The molecule has 1 fully saturated rings. The zero-order valence-corrected chi connectivity index (χ0v) is 15.9. The molecule has 1 aromatic rings. The van der Waals surface area contributed by atoms with Gasteiger partial charge in [0.05, 0.1) is 11.5 Å². The molecule has 0 saturated carbocycles. The molecule has 1 heterocycles. The summed E-state index contributed by atoms with van der Waals surface area (Å²) in [6.07, 6.45) is 1.71. The van der Waals surface area contributed by atoms with Crippen molar-refractivity contribution >= 4 is 21.4 Å². The Morgan fingerprint density at radius 2 is 1.75 bits per heavy atom. The molecule has 1 aliphatic rings. The van der Waals surface area contributed by atoms with E-state index in [4.69, 9.17) is 0 Å². The first-order valence-corrected chi connectivity index (χ1v) is 10.6. The van der Waals surface area contributed by atoms with Crippen molar-refractivity contribution in [3.8, 4) is 0 Å². The minimum absolute atomic E-state index is 0.0192. The van der Waals surface area contributed by atoms with E-state index in [1.807, 2.05) is 6.07 Å². The Hall–Kier alpha value is -1.36. The third-order valence-electron chi connectivity index (χ3n) is 4.74. The van der Waals surface area contributed by atoms with Crippen molar-refractivity contribution in [2.24, 2.45) is 5.92 Å². The maximum atomic E-state index is 12.4. The second-order valence-corrected chi connectivity index (χ2v) is 9.71. The molecule has 0 aromatic heterocycles. The third-order valence-corrected chi connectivity index (χ3v) is 6.58. The van der Waals surface area contributed by atoms with Crippen LogP contribution in [0.25, 0.3) is 0 Å². The van der Waals surface area contributed by atoms with Crippen molar-refractivity contribution in [1.82, 2.24) is 0 Å². The fourth-order valence-electron chi connectivity index (χ4n) is 3.33. The highest BCUT2D eigenvalue weighted by molar-refractivity contribution is 7.91. The molecule has 2 rings (SSSR count). The van der Waals surface area contributed by atoms with Crippen LogP contribution in [0.1, 0.15) is 69.9 Å². The van der Waals surface area contributed by atoms with Gasteiger partial charge in [-0.1, -0.05) is 45.9 Å². The summed E-state index contributed by atoms with van der Waals surface area (Å²) in [7, 11) is -2.87. The quantitative estimate of drug-likeness (QED) is 0.840.